The van der Waals surface area contributed by atoms with Crippen LogP contribution >= 0.6 is 11.8 Å². The van der Waals surface area contributed by atoms with Gasteiger partial charge >= 0.3 is 5.97 Å². The zero-order chi connectivity index (χ0) is 21.8. The van der Waals surface area contributed by atoms with Crippen molar-refractivity contribution in [1.29, 1.82) is 0 Å². The van der Waals surface area contributed by atoms with Gasteiger partial charge in [0.25, 0.3) is 5.91 Å². The first-order valence-corrected chi connectivity index (χ1v) is 10.8. The molecule has 1 amide bonds. The highest BCUT2D eigenvalue weighted by Gasteiger charge is 2.20. The van der Waals surface area contributed by atoms with E-state index in [1.165, 1.54) is 11.8 Å². The van der Waals surface area contributed by atoms with Crippen molar-refractivity contribution in [3.63, 3.8) is 0 Å². The molecule has 0 aliphatic heterocycles. The average molecular weight is 433 g/mol. The number of anilines is 1. The fourth-order valence-corrected chi connectivity index (χ4v) is 4.05. The van der Waals surface area contributed by atoms with E-state index in [9.17, 15) is 14.7 Å². The first-order valence-electron chi connectivity index (χ1n) is 9.60. The molecule has 0 aliphatic rings. The predicted molar refractivity (Wildman–Crippen MR) is 121 cm³/mol. The largest absolute Gasteiger partial charge is 0.481 e. The zero-order valence-electron chi connectivity index (χ0n) is 16.7. The predicted octanol–water partition coefficient (Wildman–Crippen LogP) is 4.47. The van der Waals surface area contributed by atoms with Gasteiger partial charge in [0.1, 0.15) is 5.03 Å². The van der Waals surface area contributed by atoms with Crippen molar-refractivity contribution in [2.75, 3.05) is 11.6 Å². The topological polar surface area (TPSA) is 97.1 Å². The third-order valence-corrected chi connectivity index (χ3v) is 5.64. The van der Waals surface area contributed by atoms with Gasteiger partial charge in [-0.25, -0.2) is 9.97 Å². The average Bonchev–Trinajstić information content (AvgIpc) is 3.20. The number of amides is 1. The minimum Gasteiger partial charge on any atom is -0.481 e. The Hall–Kier alpha value is -3.65. The number of fused-ring (bicyclic) bond motifs is 1. The molecule has 0 bridgehead atoms. The fourth-order valence-electron chi connectivity index (χ4n) is 3.50. The number of carbonyl (C=O) groups is 2. The number of pyridine rings is 1. The molecular formula is C23H20N4O3S. The molecule has 8 heteroatoms. The number of thioether (sulfide) groups is 1. The number of aliphatic carboxylic acids is 1. The number of hydrogen-bond donors (Lipinski definition) is 2. The van der Waals surface area contributed by atoms with Crippen molar-refractivity contribution < 1.29 is 14.7 Å². The molecule has 1 unspecified atom stereocenters. The van der Waals surface area contributed by atoms with E-state index >= 15 is 0 Å². The number of carboxylic acids is 1. The standard InChI is InChI=1S/C23H20N4O3S/c1-31-23-17(8-5-11-24-23)22(30)26-16-9-10-19-18(12-16)25-14-27(19)20(13-21(28)29)15-6-3-2-4-7-15/h2-12,14,20H,13H2,1H3,(H,26,30)(H,28,29). The van der Waals surface area contributed by atoms with E-state index in [1.54, 1.807) is 36.8 Å². The molecule has 2 aromatic carbocycles. The molecule has 4 rings (SSSR count). The van der Waals surface area contributed by atoms with E-state index in [-0.39, 0.29) is 18.4 Å². The van der Waals surface area contributed by atoms with Crippen molar-refractivity contribution in [2.45, 2.75) is 17.5 Å². The maximum Gasteiger partial charge on any atom is 0.305 e. The second-order valence-corrected chi connectivity index (χ2v) is 7.69. The summed E-state index contributed by atoms with van der Waals surface area (Å²) in [7, 11) is 0. The minimum absolute atomic E-state index is 0.0631. The number of nitrogens with one attached hydrogen (secondary N) is 1. The van der Waals surface area contributed by atoms with Gasteiger partial charge in [-0.2, -0.15) is 0 Å². The molecule has 0 fully saturated rings. The smallest absolute Gasteiger partial charge is 0.305 e. The Bertz CT molecular complexity index is 1240. The molecule has 2 aromatic heterocycles. The second kappa shape index (κ2) is 9.01. The summed E-state index contributed by atoms with van der Waals surface area (Å²) in [6.45, 7) is 0. The van der Waals surface area contributed by atoms with Gasteiger partial charge in [0.15, 0.2) is 0 Å². The van der Waals surface area contributed by atoms with Gasteiger partial charge in [-0.15, -0.1) is 11.8 Å². The van der Waals surface area contributed by atoms with E-state index in [0.717, 1.165) is 11.1 Å². The number of hydrogen-bond acceptors (Lipinski definition) is 5. The highest BCUT2D eigenvalue weighted by molar-refractivity contribution is 7.98. The molecule has 4 aromatic rings. The van der Waals surface area contributed by atoms with E-state index in [0.29, 0.717) is 21.8 Å². The summed E-state index contributed by atoms with van der Waals surface area (Å²) in [6, 6.07) is 18.0. The summed E-state index contributed by atoms with van der Waals surface area (Å²) in [5.41, 5.74) is 3.46. The third-order valence-electron chi connectivity index (χ3n) is 4.93. The summed E-state index contributed by atoms with van der Waals surface area (Å²) in [5.74, 6) is -1.13. The minimum atomic E-state index is -0.888. The van der Waals surface area contributed by atoms with Crippen LogP contribution < -0.4 is 5.32 Å². The van der Waals surface area contributed by atoms with Crippen molar-refractivity contribution >= 4 is 40.4 Å². The maximum atomic E-state index is 12.7. The van der Waals surface area contributed by atoms with Crippen LogP contribution in [0.2, 0.25) is 0 Å². The summed E-state index contributed by atoms with van der Waals surface area (Å²) < 4.78 is 1.86. The Balaban J connectivity index is 1.64. The van der Waals surface area contributed by atoms with Crippen molar-refractivity contribution in [1.82, 2.24) is 14.5 Å². The third kappa shape index (κ3) is 4.44. The van der Waals surface area contributed by atoms with Crippen molar-refractivity contribution in [3.05, 3.63) is 84.3 Å². The Morgan fingerprint density at radius 1 is 1.10 bits per heavy atom. The van der Waals surface area contributed by atoms with Crippen LogP contribution in [0.15, 0.2) is 78.2 Å². The number of aromatic nitrogens is 3. The Kier molecular flexibility index (Phi) is 5.99. The van der Waals surface area contributed by atoms with Crippen LogP contribution in [0, 0.1) is 0 Å². The number of benzene rings is 2. The molecule has 0 saturated carbocycles. The monoisotopic (exact) mass is 432 g/mol. The number of nitrogens with zero attached hydrogens (tertiary/aromatic N) is 3. The van der Waals surface area contributed by atoms with Crippen molar-refractivity contribution in [2.24, 2.45) is 0 Å². The number of carbonyl (C=O) groups excluding carboxylic acids is 1. The van der Waals surface area contributed by atoms with Crippen LogP contribution in [0.4, 0.5) is 5.69 Å². The van der Waals surface area contributed by atoms with Crippen molar-refractivity contribution in [3.8, 4) is 0 Å². The molecule has 2 heterocycles. The maximum absolute atomic E-state index is 12.7. The van der Waals surface area contributed by atoms with Crippen LogP contribution in [-0.2, 0) is 4.79 Å². The summed E-state index contributed by atoms with van der Waals surface area (Å²) in [4.78, 5) is 32.9. The van der Waals surface area contributed by atoms with Gasteiger partial charge in [-0.3, -0.25) is 9.59 Å². The van der Waals surface area contributed by atoms with Crippen LogP contribution in [-0.4, -0.2) is 37.8 Å². The molecule has 0 radical (unpaired) electrons. The van der Waals surface area contributed by atoms with Gasteiger partial charge in [0.2, 0.25) is 0 Å². The number of rotatable bonds is 7. The normalized spacial score (nSPS) is 11.9. The van der Waals surface area contributed by atoms with Gasteiger partial charge < -0.3 is 15.0 Å². The fraction of sp³-hybridized carbons (Fsp3) is 0.130. The summed E-state index contributed by atoms with van der Waals surface area (Å²) in [6.07, 6.45) is 5.11. The zero-order valence-corrected chi connectivity index (χ0v) is 17.5. The lowest BCUT2D eigenvalue weighted by molar-refractivity contribution is -0.137. The Labute approximate surface area is 183 Å². The lowest BCUT2D eigenvalue weighted by Gasteiger charge is -2.18. The van der Waals surface area contributed by atoms with E-state index in [4.69, 9.17) is 0 Å². The highest BCUT2D eigenvalue weighted by Crippen LogP contribution is 2.28. The Morgan fingerprint density at radius 2 is 1.90 bits per heavy atom. The highest BCUT2D eigenvalue weighted by atomic mass is 32.2. The molecule has 2 N–H and O–H groups in total. The first-order chi connectivity index (χ1) is 15.1. The van der Waals surface area contributed by atoms with Crippen LogP contribution in [0.3, 0.4) is 0 Å². The molecule has 1 atom stereocenters. The molecule has 0 aliphatic carbocycles. The van der Waals surface area contributed by atoms with Gasteiger partial charge in [0.05, 0.1) is 35.4 Å². The van der Waals surface area contributed by atoms with Crippen LogP contribution in [0.25, 0.3) is 11.0 Å². The lowest BCUT2D eigenvalue weighted by atomic mass is 10.0. The van der Waals surface area contributed by atoms with Gasteiger partial charge in [-0.1, -0.05) is 30.3 Å². The Morgan fingerprint density at radius 3 is 2.65 bits per heavy atom. The molecular weight excluding hydrogens is 412 g/mol. The lowest BCUT2D eigenvalue weighted by Crippen LogP contribution is -2.15. The second-order valence-electron chi connectivity index (χ2n) is 6.89. The number of carboxylic acid groups (broad SMARTS) is 1. The SMILES string of the molecule is CSc1ncccc1C(=O)Nc1ccc2c(c1)ncn2C(CC(=O)O)c1ccccc1. The number of imidazole rings is 1. The van der Waals surface area contributed by atoms with E-state index in [2.05, 4.69) is 15.3 Å². The van der Waals surface area contributed by atoms with E-state index < -0.39 is 5.97 Å². The van der Waals surface area contributed by atoms with Crippen LogP contribution in [0.1, 0.15) is 28.4 Å². The van der Waals surface area contributed by atoms with Gasteiger partial charge in [0, 0.05) is 11.9 Å². The first kappa shape index (κ1) is 20.6. The summed E-state index contributed by atoms with van der Waals surface area (Å²) in [5, 5.41) is 13.0. The van der Waals surface area contributed by atoms with Gasteiger partial charge in [-0.05, 0) is 42.2 Å². The summed E-state index contributed by atoms with van der Waals surface area (Å²) >= 11 is 1.41. The van der Waals surface area contributed by atoms with Crippen LogP contribution in [0.5, 0.6) is 0 Å². The molecule has 31 heavy (non-hydrogen) atoms. The molecule has 0 saturated heterocycles. The van der Waals surface area contributed by atoms with E-state index in [1.807, 2.05) is 47.2 Å². The molecule has 0 spiro atoms. The quantitative estimate of drug-likeness (QED) is 0.418. The molecule has 156 valence electrons. The molecule has 7 nitrogen and oxygen atoms in total.